The van der Waals surface area contributed by atoms with E-state index in [0.29, 0.717) is 5.56 Å². The van der Waals surface area contributed by atoms with Gasteiger partial charge in [-0.15, -0.1) is 11.3 Å². The van der Waals surface area contributed by atoms with Gasteiger partial charge in [-0.05, 0) is 37.3 Å². The maximum Gasteiger partial charge on any atom is 0.128 e. The second-order valence-electron chi connectivity index (χ2n) is 3.59. The van der Waals surface area contributed by atoms with Crippen LogP contribution in [0.3, 0.4) is 0 Å². The molecule has 0 fully saturated rings. The van der Waals surface area contributed by atoms with Crippen LogP contribution >= 0.6 is 27.3 Å². The summed E-state index contributed by atoms with van der Waals surface area (Å²) >= 11 is 4.92. The van der Waals surface area contributed by atoms with Crippen molar-refractivity contribution in [3.63, 3.8) is 0 Å². The Morgan fingerprint density at radius 1 is 1.31 bits per heavy atom. The average Bonchev–Trinajstić information content (AvgIpc) is 2.67. The second-order valence-corrected chi connectivity index (χ2v) is 5.83. The van der Waals surface area contributed by atoms with Crippen LogP contribution in [0.25, 0.3) is 0 Å². The summed E-state index contributed by atoms with van der Waals surface area (Å²) in [5.74, 6) is -0.262. The average molecular weight is 300 g/mol. The first-order valence-corrected chi connectivity index (χ1v) is 6.46. The summed E-state index contributed by atoms with van der Waals surface area (Å²) in [6, 6.07) is 8.39. The topological polar surface area (TPSA) is 26.0 Å². The zero-order chi connectivity index (χ0) is 11.7. The van der Waals surface area contributed by atoms with E-state index in [1.54, 1.807) is 23.5 Å². The molecule has 1 atom stereocenters. The van der Waals surface area contributed by atoms with Crippen molar-refractivity contribution < 1.29 is 4.39 Å². The molecule has 1 aromatic carbocycles. The van der Waals surface area contributed by atoms with Crippen LogP contribution in [-0.4, -0.2) is 0 Å². The van der Waals surface area contributed by atoms with Crippen molar-refractivity contribution in [1.82, 2.24) is 0 Å². The molecule has 16 heavy (non-hydrogen) atoms. The fraction of sp³-hybridized carbons (Fsp3) is 0.167. The lowest BCUT2D eigenvalue weighted by Gasteiger charge is -2.11. The van der Waals surface area contributed by atoms with Crippen LogP contribution in [0.1, 0.15) is 21.4 Å². The normalized spacial score (nSPS) is 12.8. The van der Waals surface area contributed by atoms with E-state index in [1.807, 2.05) is 19.1 Å². The van der Waals surface area contributed by atoms with Crippen LogP contribution in [0, 0.1) is 12.7 Å². The molecular formula is C12H11BrFNS. The van der Waals surface area contributed by atoms with Gasteiger partial charge in [0.1, 0.15) is 5.82 Å². The van der Waals surface area contributed by atoms with E-state index in [1.165, 1.54) is 10.9 Å². The maximum absolute atomic E-state index is 13.6. The van der Waals surface area contributed by atoms with Gasteiger partial charge in [0.05, 0.1) is 6.04 Å². The number of hydrogen-bond acceptors (Lipinski definition) is 2. The number of thiophene rings is 1. The Bertz CT molecular complexity index is 509. The number of hydrogen-bond donors (Lipinski definition) is 1. The van der Waals surface area contributed by atoms with Gasteiger partial charge in [0.15, 0.2) is 0 Å². The van der Waals surface area contributed by atoms with Gasteiger partial charge >= 0.3 is 0 Å². The molecular weight excluding hydrogens is 289 g/mol. The molecule has 0 amide bonds. The van der Waals surface area contributed by atoms with Crippen LogP contribution < -0.4 is 5.73 Å². The molecule has 0 bridgehead atoms. The van der Waals surface area contributed by atoms with E-state index in [9.17, 15) is 4.39 Å². The molecule has 1 nitrogen and oxygen atoms in total. The molecule has 0 aliphatic carbocycles. The fourth-order valence-electron chi connectivity index (χ4n) is 1.53. The van der Waals surface area contributed by atoms with E-state index in [-0.39, 0.29) is 5.82 Å². The van der Waals surface area contributed by atoms with Crippen molar-refractivity contribution in [3.8, 4) is 0 Å². The minimum absolute atomic E-state index is 0.262. The van der Waals surface area contributed by atoms with E-state index < -0.39 is 6.04 Å². The minimum atomic E-state index is -0.392. The first-order valence-electron chi connectivity index (χ1n) is 4.85. The molecule has 0 saturated heterocycles. The molecule has 0 radical (unpaired) electrons. The molecule has 0 aliphatic rings. The fourth-order valence-corrected chi connectivity index (χ4v) is 2.80. The largest absolute Gasteiger partial charge is 0.320 e. The predicted octanol–water partition coefficient (Wildman–Crippen LogP) is 4.01. The predicted molar refractivity (Wildman–Crippen MR) is 69.2 cm³/mol. The van der Waals surface area contributed by atoms with Crippen molar-refractivity contribution in [2.75, 3.05) is 0 Å². The number of benzene rings is 1. The highest BCUT2D eigenvalue weighted by Gasteiger charge is 2.15. The SMILES string of the molecule is Cc1ccc(C(N)c2cc(Br)ccc2F)s1. The number of aryl methyl sites for hydroxylation is 1. The smallest absolute Gasteiger partial charge is 0.128 e. The highest BCUT2D eigenvalue weighted by Crippen LogP contribution is 2.29. The van der Waals surface area contributed by atoms with Gasteiger partial charge in [-0.25, -0.2) is 4.39 Å². The van der Waals surface area contributed by atoms with Gasteiger partial charge in [-0.3, -0.25) is 0 Å². The standard InChI is InChI=1S/C12H11BrFNS/c1-7-2-5-11(16-7)12(15)9-6-8(13)3-4-10(9)14/h2-6,12H,15H2,1H3. The van der Waals surface area contributed by atoms with Gasteiger partial charge in [0.2, 0.25) is 0 Å². The molecule has 1 aromatic heterocycles. The van der Waals surface area contributed by atoms with Crippen LogP contribution in [0.4, 0.5) is 4.39 Å². The lowest BCUT2D eigenvalue weighted by molar-refractivity contribution is 0.600. The second kappa shape index (κ2) is 4.65. The highest BCUT2D eigenvalue weighted by molar-refractivity contribution is 9.10. The molecule has 0 spiro atoms. The molecule has 2 aromatic rings. The third kappa shape index (κ3) is 2.34. The van der Waals surface area contributed by atoms with Gasteiger partial charge in [0, 0.05) is 19.8 Å². The van der Waals surface area contributed by atoms with Crippen molar-refractivity contribution in [3.05, 3.63) is 55.9 Å². The summed E-state index contributed by atoms with van der Waals surface area (Å²) in [6.45, 7) is 2.01. The lowest BCUT2D eigenvalue weighted by atomic mass is 10.1. The first kappa shape index (κ1) is 11.8. The molecule has 2 N–H and O–H groups in total. The third-order valence-corrected chi connectivity index (χ3v) is 3.94. The van der Waals surface area contributed by atoms with E-state index in [2.05, 4.69) is 15.9 Å². The summed E-state index contributed by atoms with van der Waals surface area (Å²) in [5, 5.41) is 0. The quantitative estimate of drug-likeness (QED) is 0.891. The number of halogens is 2. The summed E-state index contributed by atoms with van der Waals surface area (Å²) in [4.78, 5) is 2.16. The van der Waals surface area contributed by atoms with Crippen molar-refractivity contribution in [1.29, 1.82) is 0 Å². The van der Waals surface area contributed by atoms with Crippen LogP contribution in [0.15, 0.2) is 34.8 Å². The van der Waals surface area contributed by atoms with Crippen molar-refractivity contribution in [2.45, 2.75) is 13.0 Å². The summed E-state index contributed by atoms with van der Waals surface area (Å²) < 4.78 is 14.5. The molecule has 2 rings (SSSR count). The Hall–Kier alpha value is -0.710. The zero-order valence-corrected chi connectivity index (χ0v) is 11.1. The van der Waals surface area contributed by atoms with Gasteiger partial charge in [-0.1, -0.05) is 15.9 Å². The lowest BCUT2D eigenvalue weighted by Crippen LogP contribution is -2.12. The zero-order valence-electron chi connectivity index (χ0n) is 8.71. The Labute approximate surface area is 106 Å². The van der Waals surface area contributed by atoms with Crippen molar-refractivity contribution in [2.24, 2.45) is 5.73 Å². The van der Waals surface area contributed by atoms with E-state index in [0.717, 1.165) is 9.35 Å². The van der Waals surface area contributed by atoms with Crippen molar-refractivity contribution >= 4 is 27.3 Å². The monoisotopic (exact) mass is 299 g/mol. The molecule has 0 saturated carbocycles. The summed E-state index contributed by atoms with van der Waals surface area (Å²) in [7, 11) is 0. The van der Waals surface area contributed by atoms with Gasteiger partial charge in [0.25, 0.3) is 0 Å². The Morgan fingerprint density at radius 2 is 2.06 bits per heavy atom. The third-order valence-electron chi connectivity index (χ3n) is 2.36. The molecule has 84 valence electrons. The molecule has 4 heteroatoms. The molecule has 0 aliphatic heterocycles. The summed E-state index contributed by atoms with van der Waals surface area (Å²) in [5.41, 5.74) is 6.57. The Kier molecular flexibility index (Phi) is 3.42. The van der Waals surface area contributed by atoms with E-state index >= 15 is 0 Å². The van der Waals surface area contributed by atoms with Gasteiger partial charge in [-0.2, -0.15) is 0 Å². The minimum Gasteiger partial charge on any atom is -0.320 e. The van der Waals surface area contributed by atoms with Crippen LogP contribution in [0.2, 0.25) is 0 Å². The Morgan fingerprint density at radius 3 is 2.69 bits per heavy atom. The first-order chi connectivity index (χ1) is 7.58. The highest BCUT2D eigenvalue weighted by atomic mass is 79.9. The number of nitrogens with two attached hydrogens (primary N) is 1. The van der Waals surface area contributed by atoms with Crippen LogP contribution in [-0.2, 0) is 0 Å². The van der Waals surface area contributed by atoms with E-state index in [4.69, 9.17) is 5.73 Å². The summed E-state index contributed by atoms with van der Waals surface area (Å²) in [6.07, 6.45) is 0. The Balaban J connectivity index is 2.40. The number of rotatable bonds is 2. The van der Waals surface area contributed by atoms with Gasteiger partial charge < -0.3 is 5.73 Å². The van der Waals surface area contributed by atoms with Crippen LogP contribution in [0.5, 0.6) is 0 Å². The molecule has 1 heterocycles. The molecule has 1 unspecified atom stereocenters. The maximum atomic E-state index is 13.6.